The summed E-state index contributed by atoms with van der Waals surface area (Å²) in [4.78, 5) is 0. The molecule has 0 aromatic heterocycles. The Morgan fingerprint density at radius 2 is 2.21 bits per heavy atom. The maximum atomic E-state index is 5.95. The molecule has 3 heteroatoms. The smallest absolute Gasteiger partial charge is 0.139 e. The molecule has 0 aliphatic heterocycles. The Bertz CT molecular complexity index is 343. The molecule has 0 unspecified atom stereocenters. The first kappa shape index (κ1) is 11.6. The number of allylic oxidation sites excluding steroid dienone is 1. The van der Waals surface area contributed by atoms with Crippen molar-refractivity contribution in [1.29, 1.82) is 0 Å². The van der Waals surface area contributed by atoms with E-state index < -0.39 is 0 Å². The number of hydrogen-bond donors (Lipinski definition) is 0. The van der Waals surface area contributed by atoms with E-state index in [1.807, 2.05) is 38.1 Å². The highest BCUT2D eigenvalue weighted by molar-refractivity contribution is 9.10. The summed E-state index contributed by atoms with van der Waals surface area (Å²) in [7, 11) is 0. The minimum Gasteiger partial charge on any atom is -0.488 e. The van der Waals surface area contributed by atoms with Gasteiger partial charge in [0.05, 0.1) is 5.02 Å². The van der Waals surface area contributed by atoms with E-state index in [1.165, 1.54) is 5.57 Å². The van der Waals surface area contributed by atoms with Gasteiger partial charge < -0.3 is 4.74 Å². The molecular formula is C11H12BrClO. The lowest BCUT2D eigenvalue weighted by Gasteiger charge is -2.06. The summed E-state index contributed by atoms with van der Waals surface area (Å²) in [6.45, 7) is 4.62. The molecule has 0 spiro atoms. The minimum atomic E-state index is 0.554. The molecule has 0 N–H and O–H groups in total. The lowest BCUT2D eigenvalue weighted by atomic mass is 10.3. The van der Waals surface area contributed by atoms with Crippen molar-refractivity contribution in [3.63, 3.8) is 0 Å². The largest absolute Gasteiger partial charge is 0.488 e. The molecule has 0 fully saturated rings. The van der Waals surface area contributed by atoms with Gasteiger partial charge in [-0.2, -0.15) is 0 Å². The van der Waals surface area contributed by atoms with Gasteiger partial charge in [0.25, 0.3) is 0 Å². The fourth-order valence-electron chi connectivity index (χ4n) is 0.886. The fraction of sp³-hybridized carbons (Fsp3) is 0.273. The second-order valence-electron chi connectivity index (χ2n) is 3.17. The van der Waals surface area contributed by atoms with Crippen LogP contribution in [0.4, 0.5) is 0 Å². The lowest BCUT2D eigenvalue weighted by Crippen LogP contribution is -1.94. The minimum absolute atomic E-state index is 0.554. The lowest BCUT2D eigenvalue weighted by molar-refractivity contribution is 0.362. The molecule has 0 aliphatic rings. The zero-order chi connectivity index (χ0) is 10.6. The highest BCUT2D eigenvalue weighted by Gasteiger charge is 2.00. The van der Waals surface area contributed by atoms with Gasteiger partial charge in [-0.3, -0.25) is 0 Å². The summed E-state index contributed by atoms with van der Waals surface area (Å²) in [5, 5.41) is 0.635. The number of ether oxygens (including phenoxy) is 1. The van der Waals surface area contributed by atoms with E-state index in [1.54, 1.807) is 0 Å². The van der Waals surface area contributed by atoms with Gasteiger partial charge in [-0.05, 0) is 38.1 Å². The summed E-state index contributed by atoms with van der Waals surface area (Å²) in [5.74, 6) is 0.707. The van der Waals surface area contributed by atoms with Gasteiger partial charge >= 0.3 is 0 Å². The van der Waals surface area contributed by atoms with Crippen molar-refractivity contribution in [1.82, 2.24) is 0 Å². The molecule has 1 rings (SSSR count). The SMILES string of the molecule is CC(C)=CCOc1cc(Br)ccc1Cl. The summed E-state index contributed by atoms with van der Waals surface area (Å²) < 4.78 is 6.46. The molecule has 0 saturated carbocycles. The zero-order valence-corrected chi connectivity index (χ0v) is 10.5. The van der Waals surface area contributed by atoms with Gasteiger partial charge in [-0.1, -0.05) is 33.1 Å². The molecule has 0 heterocycles. The van der Waals surface area contributed by atoms with Crippen molar-refractivity contribution in [2.45, 2.75) is 13.8 Å². The molecule has 0 amide bonds. The van der Waals surface area contributed by atoms with E-state index in [4.69, 9.17) is 16.3 Å². The number of hydrogen-bond acceptors (Lipinski definition) is 1. The average Bonchev–Trinajstić information content (AvgIpc) is 2.10. The molecule has 0 atom stereocenters. The van der Waals surface area contributed by atoms with E-state index >= 15 is 0 Å². The molecule has 0 bridgehead atoms. The van der Waals surface area contributed by atoms with Crippen LogP contribution in [0.1, 0.15) is 13.8 Å². The molecule has 1 aromatic rings. The van der Waals surface area contributed by atoms with Gasteiger partial charge in [-0.25, -0.2) is 0 Å². The van der Waals surface area contributed by atoms with Crippen molar-refractivity contribution in [2.75, 3.05) is 6.61 Å². The van der Waals surface area contributed by atoms with Crippen LogP contribution in [0.15, 0.2) is 34.3 Å². The zero-order valence-electron chi connectivity index (χ0n) is 8.18. The van der Waals surface area contributed by atoms with Gasteiger partial charge in [0.1, 0.15) is 12.4 Å². The summed E-state index contributed by atoms with van der Waals surface area (Å²) >= 11 is 9.31. The normalized spacial score (nSPS) is 9.71. The van der Waals surface area contributed by atoms with Crippen molar-refractivity contribution < 1.29 is 4.74 Å². The Morgan fingerprint density at radius 1 is 1.50 bits per heavy atom. The standard InChI is InChI=1S/C11H12BrClO/c1-8(2)5-6-14-11-7-9(12)3-4-10(11)13/h3-5,7H,6H2,1-2H3. The molecule has 76 valence electrons. The van der Waals surface area contributed by atoms with Crippen LogP contribution < -0.4 is 4.74 Å². The highest BCUT2D eigenvalue weighted by Crippen LogP contribution is 2.27. The maximum absolute atomic E-state index is 5.95. The molecule has 0 radical (unpaired) electrons. The van der Waals surface area contributed by atoms with Crippen molar-refractivity contribution in [2.24, 2.45) is 0 Å². The van der Waals surface area contributed by atoms with Gasteiger partial charge in [0.2, 0.25) is 0 Å². The number of rotatable bonds is 3. The van der Waals surface area contributed by atoms with Crippen LogP contribution in [0.25, 0.3) is 0 Å². The van der Waals surface area contributed by atoms with Crippen LogP contribution in [0.2, 0.25) is 5.02 Å². The second kappa shape index (κ2) is 5.42. The summed E-state index contributed by atoms with van der Waals surface area (Å²) in [5.41, 5.74) is 1.23. The van der Waals surface area contributed by atoms with Crippen LogP contribution in [-0.4, -0.2) is 6.61 Å². The highest BCUT2D eigenvalue weighted by atomic mass is 79.9. The first-order chi connectivity index (χ1) is 6.59. The molecular weight excluding hydrogens is 263 g/mol. The van der Waals surface area contributed by atoms with Crippen LogP contribution in [-0.2, 0) is 0 Å². The topological polar surface area (TPSA) is 9.23 Å². The van der Waals surface area contributed by atoms with E-state index in [0.717, 1.165) is 4.47 Å². The Kier molecular flexibility index (Phi) is 4.49. The third kappa shape index (κ3) is 3.72. The van der Waals surface area contributed by atoms with Crippen LogP contribution in [0, 0.1) is 0 Å². The van der Waals surface area contributed by atoms with Crippen molar-refractivity contribution >= 4 is 27.5 Å². The fourth-order valence-corrected chi connectivity index (χ4v) is 1.40. The third-order valence-electron chi connectivity index (χ3n) is 1.62. The maximum Gasteiger partial charge on any atom is 0.139 e. The molecule has 14 heavy (non-hydrogen) atoms. The number of benzene rings is 1. The van der Waals surface area contributed by atoms with Crippen LogP contribution in [0.3, 0.4) is 0 Å². The van der Waals surface area contributed by atoms with Crippen molar-refractivity contribution in [3.05, 3.63) is 39.3 Å². The van der Waals surface area contributed by atoms with Gasteiger partial charge in [0.15, 0.2) is 0 Å². The second-order valence-corrected chi connectivity index (χ2v) is 4.49. The molecule has 0 aliphatic carbocycles. The molecule has 0 saturated heterocycles. The Labute approximate surface area is 97.9 Å². The Morgan fingerprint density at radius 3 is 2.86 bits per heavy atom. The molecule has 1 nitrogen and oxygen atoms in total. The quantitative estimate of drug-likeness (QED) is 0.741. The summed E-state index contributed by atoms with van der Waals surface area (Å²) in [6.07, 6.45) is 2.01. The Hall–Kier alpha value is -0.470. The monoisotopic (exact) mass is 274 g/mol. The van der Waals surface area contributed by atoms with Gasteiger partial charge in [0, 0.05) is 4.47 Å². The first-order valence-corrected chi connectivity index (χ1v) is 5.48. The summed E-state index contributed by atoms with van der Waals surface area (Å²) in [6, 6.07) is 5.56. The van der Waals surface area contributed by atoms with E-state index in [0.29, 0.717) is 17.4 Å². The predicted octanol–water partition coefficient (Wildman–Crippen LogP) is 4.45. The van der Waals surface area contributed by atoms with E-state index in [9.17, 15) is 0 Å². The average molecular weight is 276 g/mol. The Balaban J connectivity index is 2.67. The van der Waals surface area contributed by atoms with Gasteiger partial charge in [-0.15, -0.1) is 0 Å². The first-order valence-electron chi connectivity index (χ1n) is 4.31. The van der Waals surface area contributed by atoms with Crippen LogP contribution >= 0.6 is 27.5 Å². The predicted molar refractivity (Wildman–Crippen MR) is 64.1 cm³/mol. The molecule has 1 aromatic carbocycles. The van der Waals surface area contributed by atoms with Crippen molar-refractivity contribution in [3.8, 4) is 5.75 Å². The number of halogens is 2. The van der Waals surface area contributed by atoms with Crippen LogP contribution in [0.5, 0.6) is 5.75 Å². The third-order valence-corrected chi connectivity index (χ3v) is 2.43. The van der Waals surface area contributed by atoms with E-state index in [-0.39, 0.29) is 0 Å². The van der Waals surface area contributed by atoms with E-state index in [2.05, 4.69) is 15.9 Å².